The van der Waals surface area contributed by atoms with Gasteiger partial charge in [-0.2, -0.15) is 0 Å². The normalized spacial score (nSPS) is 24.7. The maximum atomic E-state index is 6.20. The van der Waals surface area contributed by atoms with Gasteiger partial charge >= 0.3 is 0 Å². The van der Waals surface area contributed by atoms with Crippen molar-refractivity contribution in [2.24, 2.45) is 5.73 Å². The third-order valence-electron chi connectivity index (χ3n) is 7.24. The van der Waals surface area contributed by atoms with Crippen molar-refractivity contribution < 1.29 is 0 Å². The lowest BCUT2D eigenvalue weighted by Crippen LogP contribution is -2.52. The van der Waals surface area contributed by atoms with Crippen LogP contribution in [0.25, 0.3) is 0 Å². The molecule has 2 aromatic rings. The lowest BCUT2D eigenvalue weighted by Gasteiger charge is -2.47. The van der Waals surface area contributed by atoms with E-state index in [1.165, 1.54) is 22.3 Å². The number of nitrogens with two attached hydrogens (primary N) is 1. The summed E-state index contributed by atoms with van der Waals surface area (Å²) in [6.45, 7) is 13.0. The molecule has 1 fully saturated rings. The Balaban J connectivity index is 1.51. The van der Waals surface area contributed by atoms with Gasteiger partial charge in [-0.1, -0.05) is 32.0 Å². The van der Waals surface area contributed by atoms with E-state index in [-0.39, 0.29) is 0 Å². The van der Waals surface area contributed by atoms with Crippen LogP contribution in [0.15, 0.2) is 42.7 Å². The zero-order chi connectivity index (χ0) is 21.3. The first-order valence-corrected chi connectivity index (χ1v) is 11.4. The molecule has 0 aliphatic carbocycles. The van der Waals surface area contributed by atoms with Gasteiger partial charge in [0, 0.05) is 69.8 Å². The van der Waals surface area contributed by atoms with Gasteiger partial charge in [-0.25, -0.2) is 0 Å². The van der Waals surface area contributed by atoms with Gasteiger partial charge in [-0.15, -0.1) is 0 Å². The largest absolute Gasteiger partial charge is 0.329 e. The van der Waals surface area contributed by atoms with E-state index >= 15 is 0 Å². The monoisotopic (exact) mass is 407 g/mol. The molecule has 0 radical (unpaired) electrons. The molecular formula is C25H37N5. The van der Waals surface area contributed by atoms with Crippen molar-refractivity contribution in [2.75, 3.05) is 46.3 Å². The maximum absolute atomic E-state index is 6.20. The highest BCUT2D eigenvalue weighted by Gasteiger charge is 2.35. The van der Waals surface area contributed by atoms with Crippen LogP contribution in [0, 0.1) is 0 Å². The molecule has 0 amide bonds. The molecule has 162 valence electrons. The third-order valence-corrected chi connectivity index (χ3v) is 7.24. The molecule has 5 heteroatoms. The van der Waals surface area contributed by atoms with Gasteiger partial charge in [0.25, 0.3) is 0 Å². The smallest absolute Gasteiger partial charge is 0.0479 e. The summed E-state index contributed by atoms with van der Waals surface area (Å²) in [5.41, 5.74) is 11.9. The molecule has 30 heavy (non-hydrogen) atoms. The number of pyridine rings is 1. The van der Waals surface area contributed by atoms with Crippen molar-refractivity contribution in [3.05, 3.63) is 65.0 Å². The summed E-state index contributed by atoms with van der Waals surface area (Å²) in [7, 11) is 2.23. The fourth-order valence-corrected chi connectivity index (χ4v) is 5.19. The van der Waals surface area contributed by atoms with Crippen LogP contribution in [0.4, 0.5) is 0 Å². The van der Waals surface area contributed by atoms with E-state index < -0.39 is 0 Å². The van der Waals surface area contributed by atoms with Crippen LogP contribution in [-0.2, 0) is 0 Å². The average Bonchev–Trinajstić information content (AvgIpc) is 2.78. The summed E-state index contributed by atoms with van der Waals surface area (Å²) in [6.07, 6.45) is 3.80. The van der Waals surface area contributed by atoms with Crippen molar-refractivity contribution >= 4 is 0 Å². The fourth-order valence-electron chi connectivity index (χ4n) is 5.19. The van der Waals surface area contributed by atoms with Crippen molar-refractivity contribution in [2.45, 2.75) is 44.8 Å². The van der Waals surface area contributed by atoms with Crippen molar-refractivity contribution in [1.82, 2.24) is 19.7 Å². The second-order valence-corrected chi connectivity index (χ2v) is 9.28. The Kier molecular flexibility index (Phi) is 6.54. The SMILES string of the molecule is CC(C)c1ccc2c(c1)C(CN)N(C)CC2N1CCN(C(C)c2ccncc2)CC1. The number of nitrogens with zero attached hydrogens (tertiary/aromatic N) is 4. The molecule has 2 N–H and O–H groups in total. The molecular weight excluding hydrogens is 370 g/mol. The van der Waals surface area contributed by atoms with E-state index in [9.17, 15) is 0 Å². The van der Waals surface area contributed by atoms with Gasteiger partial charge in [-0.05, 0) is 54.3 Å². The second kappa shape index (κ2) is 9.15. The zero-order valence-corrected chi connectivity index (χ0v) is 19.0. The molecule has 0 bridgehead atoms. The number of hydrogen-bond acceptors (Lipinski definition) is 5. The fraction of sp³-hybridized carbons (Fsp3) is 0.560. The quantitative estimate of drug-likeness (QED) is 0.821. The van der Waals surface area contributed by atoms with E-state index in [4.69, 9.17) is 5.73 Å². The molecule has 4 rings (SSSR count). The number of hydrogen-bond donors (Lipinski definition) is 1. The van der Waals surface area contributed by atoms with Crippen LogP contribution in [0.2, 0.25) is 0 Å². The standard InChI is InChI=1S/C25H37N5/c1-18(2)21-5-6-22-23(15-21)24(16-26)28(4)17-25(22)30-13-11-29(12-14-30)19(3)20-7-9-27-10-8-20/h5-10,15,18-19,24-25H,11-14,16-17,26H2,1-4H3. The number of benzene rings is 1. The summed E-state index contributed by atoms with van der Waals surface area (Å²) in [6, 6.07) is 12.6. The first-order valence-electron chi connectivity index (χ1n) is 11.4. The van der Waals surface area contributed by atoms with E-state index in [1.54, 1.807) is 0 Å². The van der Waals surface area contributed by atoms with Gasteiger partial charge in [0.15, 0.2) is 0 Å². The Morgan fingerprint density at radius 2 is 1.67 bits per heavy atom. The third kappa shape index (κ3) is 4.17. The van der Waals surface area contributed by atoms with Crippen molar-refractivity contribution in [3.63, 3.8) is 0 Å². The predicted molar refractivity (Wildman–Crippen MR) is 123 cm³/mol. The molecule has 0 spiro atoms. The Morgan fingerprint density at radius 1 is 0.967 bits per heavy atom. The van der Waals surface area contributed by atoms with E-state index in [2.05, 4.69) is 77.8 Å². The van der Waals surface area contributed by atoms with Crippen LogP contribution >= 0.6 is 0 Å². The Labute approximate surface area is 181 Å². The molecule has 2 aliphatic rings. The lowest BCUT2D eigenvalue weighted by atomic mass is 9.85. The lowest BCUT2D eigenvalue weighted by molar-refractivity contribution is 0.0470. The van der Waals surface area contributed by atoms with Gasteiger partial charge in [0.05, 0.1) is 0 Å². The average molecular weight is 408 g/mol. The number of rotatable bonds is 5. The molecule has 1 aromatic heterocycles. The number of likely N-dealkylation sites (N-methyl/N-ethyl adjacent to an activating group) is 1. The van der Waals surface area contributed by atoms with Gasteiger partial charge in [-0.3, -0.25) is 19.7 Å². The maximum Gasteiger partial charge on any atom is 0.0479 e. The molecule has 0 saturated carbocycles. The van der Waals surface area contributed by atoms with Crippen LogP contribution in [-0.4, -0.2) is 66.0 Å². The number of aromatic nitrogens is 1. The predicted octanol–water partition coefficient (Wildman–Crippen LogP) is 3.57. The topological polar surface area (TPSA) is 48.6 Å². The van der Waals surface area contributed by atoms with Crippen molar-refractivity contribution in [3.8, 4) is 0 Å². The summed E-state index contributed by atoms with van der Waals surface area (Å²) < 4.78 is 0. The first-order chi connectivity index (χ1) is 14.5. The molecule has 3 heterocycles. The highest BCUT2D eigenvalue weighted by molar-refractivity contribution is 5.40. The van der Waals surface area contributed by atoms with E-state index in [0.717, 1.165) is 32.7 Å². The molecule has 3 atom stereocenters. The van der Waals surface area contributed by atoms with Crippen molar-refractivity contribution in [1.29, 1.82) is 0 Å². The summed E-state index contributed by atoms with van der Waals surface area (Å²) in [5.74, 6) is 0.539. The van der Waals surface area contributed by atoms with Gasteiger partial charge < -0.3 is 5.73 Å². The Bertz CT molecular complexity index is 829. The zero-order valence-electron chi connectivity index (χ0n) is 19.0. The van der Waals surface area contributed by atoms with E-state index in [0.29, 0.717) is 30.6 Å². The summed E-state index contributed by atoms with van der Waals surface area (Å²) in [5, 5.41) is 0. The van der Waals surface area contributed by atoms with Gasteiger partial charge in [0.2, 0.25) is 0 Å². The highest BCUT2D eigenvalue weighted by Crippen LogP contribution is 2.38. The second-order valence-electron chi connectivity index (χ2n) is 9.28. The highest BCUT2D eigenvalue weighted by atomic mass is 15.3. The molecule has 1 aromatic carbocycles. The first kappa shape index (κ1) is 21.4. The Morgan fingerprint density at radius 3 is 2.30 bits per heavy atom. The van der Waals surface area contributed by atoms with Crippen LogP contribution in [0.5, 0.6) is 0 Å². The summed E-state index contributed by atoms with van der Waals surface area (Å²) in [4.78, 5) is 11.9. The van der Waals surface area contributed by atoms with E-state index in [1.807, 2.05) is 12.4 Å². The molecule has 5 nitrogen and oxygen atoms in total. The Hall–Kier alpha value is -1.79. The van der Waals surface area contributed by atoms with Gasteiger partial charge in [0.1, 0.15) is 0 Å². The molecule has 2 aliphatic heterocycles. The van der Waals surface area contributed by atoms with Crippen LogP contribution < -0.4 is 5.73 Å². The molecule has 3 unspecified atom stereocenters. The minimum absolute atomic E-state index is 0.322. The number of fused-ring (bicyclic) bond motifs is 1. The number of piperazine rings is 1. The summed E-state index contributed by atoms with van der Waals surface area (Å²) >= 11 is 0. The minimum atomic E-state index is 0.322. The molecule has 1 saturated heterocycles. The van der Waals surface area contributed by atoms with Crippen LogP contribution in [0.1, 0.15) is 67.1 Å². The van der Waals surface area contributed by atoms with Crippen LogP contribution in [0.3, 0.4) is 0 Å². The minimum Gasteiger partial charge on any atom is -0.329 e.